The quantitative estimate of drug-likeness (QED) is 0.699. The summed E-state index contributed by atoms with van der Waals surface area (Å²) in [6.45, 7) is 1.87. The second-order valence-electron chi connectivity index (χ2n) is 3.42. The lowest BCUT2D eigenvalue weighted by molar-refractivity contribution is 0.0595. The Morgan fingerprint density at radius 1 is 1.40 bits per heavy atom. The minimum atomic E-state index is -0.441. The Kier molecular flexibility index (Phi) is 2.11. The lowest BCUT2D eigenvalue weighted by Crippen LogP contribution is -2.00. The Balaban J connectivity index is 2.65. The number of rotatable bonds is 1. The van der Waals surface area contributed by atoms with Crippen molar-refractivity contribution < 1.29 is 14.6 Å². The van der Waals surface area contributed by atoms with E-state index in [1.54, 1.807) is 12.1 Å². The van der Waals surface area contributed by atoms with Gasteiger partial charge in [-0.15, -0.1) is 0 Å². The van der Waals surface area contributed by atoms with Crippen LogP contribution in [0.2, 0.25) is 0 Å². The summed E-state index contributed by atoms with van der Waals surface area (Å²) in [7, 11) is 1.32. The molecular weight excluding hydrogens is 194 g/mol. The first-order valence-corrected chi connectivity index (χ1v) is 4.52. The van der Waals surface area contributed by atoms with Gasteiger partial charge < -0.3 is 14.8 Å². The summed E-state index contributed by atoms with van der Waals surface area (Å²) in [5.41, 5.74) is 2.00. The minimum absolute atomic E-state index is 0.163. The molecule has 0 atom stereocenters. The number of benzene rings is 1. The number of methoxy groups -OCH3 is 1. The summed E-state index contributed by atoms with van der Waals surface area (Å²) in [5.74, 6) is -0.278. The van der Waals surface area contributed by atoms with Crippen LogP contribution >= 0.6 is 0 Å². The zero-order valence-electron chi connectivity index (χ0n) is 8.50. The highest BCUT2D eigenvalue weighted by atomic mass is 16.5. The number of esters is 1. The molecule has 0 aliphatic rings. The number of phenols is 1. The highest BCUT2D eigenvalue weighted by Crippen LogP contribution is 2.27. The molecule has 0 amide bonds. The average Bonchev–Trinajstić information content (AvgIpc) is 2.60. The van der Waals surface area contributed by atoms with Crippen LogP contribution in [0.25, 0.3) is 10.9 Å². The van der Waals surface area contributed by atoms with Crippen LogP contribution in [-0.4, -0.2) is 23.2 Å². The molecule has 0 bridgehead atoms. The van der Waals surface area contributed by atoms with Gasteiger partial charge in [-0.1, -0.05) is 0 Å². The number of phenolic OH excluding ortho intramolecular Hbond substituents is 1. The lowest BCUT2D eigenvalue weighted by Gasteiger charge is -1.96. The molecule has 2 aromatic rings. The smallest absolute Gasteiger partial charge is 0.354 e. The Morgan fingerprint density at radius 3 is 2.80 bits per heavy atom. The van der Waals surface area contributed by atoms with E-state index in [0.717, 1.165) is 11.1 Å². The maximum atomic E-state index is 11.2. The number of carbonyl (C=O) groups excluding carboxylic acids is 1. The summed E-state index contributed by atoms with van der Waals surface area (Å²) in [6, 6.07) is 5.09. The van der Waals surface area contributed by atoms with Crippen molar-refractivity contribution in [3.63, 3.8) is 0 Å². The van der Waals surface area contributed by atoms with E-state index in [2.05, 4.69) is 9.72 Å². The van der Waals surface area contributed by atoms with Gasteiger partial charge in [-0.05, 0) is 30.7 Å². The van der Waals surface area contributed by atoms with Crippen LogP contribution in [-0.2, 0) is 4.74 Å². The molecule has 1 aromatic heterocycles. The van der Waals surface area contributed by atoms with E-state index >= 15 is 0 Å². The maximum absolute atomic E-state index is 11.2. The molecule has 1 aromatic carbocycles. The molecule has 4 heteroatoms. The van der Waals surface area contributed by atoms with E-state index in [1.807, 2.05) is 13.0 Å². The van der Waals surface area contributed by atoms with Crippen LogP contribution in [0.15, 0.2) is 18.2 Å². The maximum Gasteiger partial charge on any atom is 0.354 e. The average molecular weight is 205 g/mol. The van der Waals surface area contributed by atoms with Crippen molar-refractivity contribution in [2.45, 2.75) is 6.92 Å². The van der Waals surface area contributed by atoms with E-state index in [1.165, 1.54) is 7.11 Å². The molecule has 2 rings (SSSR count). The Morgan fingerprint density at radius 2 is 2.13 bits per heavy atom. The molecule has 0 unspecified atom stereocenters. The number of hydrogen-bond donors (Lipinski definition) is 2. The molecule has 1 heterocycles. The van der Waals surface area contributed by atoms with Gasteiger partial charge in [0.05, 0.1) is 12.6 Å². The topological polar surface area (TPSA) is 62.3 Å². The number of ether oxygens (including phenoxy) is 1. The van der Waals surface area contributed by atoms with Crippen molar-refractivity contribution in [2.75, 3.05) is 7.11 Å². The van der Waals surface area contributed by atoms with Crippen molar-refractivity contribution >= 4 is 16.9 Å². The van der Waals surface area contributed by atoms with Crippen LogP contribution < -0.4 is 0 Å². The van der Waals surface area contributed by atoms with Crippen molar-refractivity contribution in [1.82, 2.24) is 4.98 Å². The minimum Gasteiger partial charge on any atom is -0.507 e. The van der Waals surface area contributed by atoms with Gasteiger partial charge >= 0.3 is 5.97 Å². The zero-order chi connectivity index (χ0) is 11.0. The van der Waals surface area contributed by atoms with E-state index in [4.69, 9.17) is 0 Å². The van der Waals surface area contributed by atoms with E-state index in [0.29, 0.717) is 11.1 Å². The molecule has 2 N–H and O–H groups in total. The van der Waals surface area contributed by atoms with E-state index in [9.17, 15) is 9.90 Å². The SMILES string of the molecule is COC(=O)c1cc2c(O)cc(C)cc2[nH]1. The van der Waals surface area contributed by atoms with Crippen LogP contribution in [0.1, 0.15) is 16.1 Å². The predicted molar refractivity (Wildman–Crippen MR) is 56.0 cm³/mol. The highest BCUT2D eigenvalue weighted by Gasteiger charge is 2.11. The van der Waals surface area contributed by atoms with Gasteiger partial charge in [0.25, 0.3) is 0 Å². The number of aryl methyl sites for hydroxylation is 1. The third kappa shape index (κ3) is 1.54. The standard InChI is InChI=1S/C11H11NO3/c1-6-3-8-7(10(13)4-6)5-9(12-8)11(14)15-2/h3-5,12-13H,1-2H3. The number of aromatic nitrogens is 1. The summed E-state index contributed by atoms with van der Waals surface area (Å²) >= 11 is 0. The monoisotopic (exact) mass is 205 g/mol. The number of hydrogen-bond acceptors (Lipinski definition) is 3. The number of aromatic amines is 1. The Bertz CT molecular complexity index is 528. The summed E-state index contributed by atoms with van der Waals surface area (Å²) in [4.78, 5) is 14.1. The number of H-pyrrole nitrogens is 1. The van der Waals surface area contributed by atoms with Crippen LogP contribution in [0.3, 0.4) is 0 Å². The van der Waals surface area contributed by atoms with Gasteiger partial charge in [-0.25, -0.2) is 4.79 Å². The fraction of sp³-hybridized carbons (Fsp3) is 0.182. The van der Waals surface area contributed by atoms with Crippen LogP contribution in [0, 0.1) is 6.92 Å². The van der Waals surface area contributed by atoms with Gasteiger partial charge in [0.15, 0.2) is 0 Å². The third-order valence-corrected chi connectivity index (χ3v) is 2.27. The Hall–Kier alpha value is -1.97. The first kappa shape index (κ1) is 9.58. The van der Waals surface area contributed by atoms with Gasteiger partial charge in [-0.2, -0.15) is 0 Å². The van der Waals surface area contributed by atoms with E-state index in [-0.39, 0.29) is 5.75 Å². The van der Waals surface area contributed by atoms with Gasteiger partial charge in [0.1, 0.15) is 11.4 Å². The molecule has 0 fully saturated rings. The normalized spacial score (nSPS) is 10.5. The third-order valence-electron chi connectivity index (χ3n) is 2.27. The van der Waals surface area contributed by atoms with Gasteiger partial charge in [-0.3, -0.25) is 0 Å². The molecule has 78 valence electrons. The van der Waals surface area contributed by atoms with Crippen LogP contribution in [0.5, 0.6) is 5.75 Å². The summed E-state index contributed by atoms with van der Waals surface area (Å²) in [6.07, 6.45) is 0. The fourth-order valence-electron chi connectivity index (χ4n) is 1.58. The number of carbonyl (C=O) groups is 1. The molecule has 0 saturated heterocycles. The Labute approximate surface area is 86.5 Å². The van der Waals surface area contributed by atoms with Crippen LogP contribution in [0.4, 0.5) is 0 Å². The fourth-order valence-corrected chi connectivity index (χ4v) is 1.58. The van der Waals surface area contributed by atoms with Crippen molar-refractivity contribution in [2.24, 2.45) is 0 Å². The van der Waals surface area contributed by atoms with Crippen molar-refractivity contribution in [1.29, 1.82) is 0 Å². The first-order chi connectivity index (χ1) is 7.11. The number of nitrogens with one attached hydrogen (secondary N) is 1. The van der Waals surface area contributed by atoms with Crippen molar-refractivity contribution in [3.05, 3.63) is 29.5 Å². The number of aromatic hydroxyl groups is 1. The predicted octanol–water partition coefficient (Wildman–Crippen LogP) is 1.97. The molecule has 0 saturated carbocycles. The number of fused-ring (bicyclic) bond motifs is 1. The van der Waals surface area contributed by atoms with E-state index < -0.39 is 5.97 Å². The highest BCUT2D eigenvalue weighted by molar-refractivity contribution is 5.97. The molecule has 4 nitrogen and oxygen atoms in total. The molecular formula is C11H11NO3. The second kappa shape index (κ2) is 3.31. The zero-order valence-corrected chi connectivity index (χ0v) is 8.50. The van der Waals surface area contributed by atoms with Gasteiger partial charge in [0.2, 0.25) is 0 Å². The van der Waals surface area contributed by atoms with Crippen molar-refractivity contribution in [3.8, 4) is 5.75 Å². The summed E-state index contributed by atoms with van der Waals surface area (Å²) < 4.78 is 4.58. The summed E-state index contributed by atoms with van der Waals surface area (Å²) in [5, 5.41) is 10.3. The molecule has 0 spiro atoms. The molecule has 15 heavy (non-hydrogen) atoms. The lowest BCUT2D eigenvalue weighted by atomic mass is 10.1. The second-order valence-corrected chi connectivity index (χ2v) is 3.42. The molecule has 0 radical (unpaired) electrons. The first-order valence-electron chi connectivity index (χ1n) is 4.52. The van der Waals surface area contributed by atoms with Gasteiger partial charge in [0, 0.05) is 5.39 Å². The molecule has 0 aliphatic heterocycles. The largest absolute Gasteiger partial charge is 0.507 e. The molecule has 0 aliphatic carbocycles.